The first-order valence-corrected chi connectivity index (χ1v) is 33.3. The Hall–Kier alpha value is -7.58. The van der Waals surface area contributed by atoms with Crippen LogP contribution in [-0.2, 0) is 0 Å². The van der Waals surface area contributed by atoms with E-state index in [0.29, 0.717) is 0 Å². The third kappa shape index (κ3) is 65.4. The minimum absolute atomic E-state index is 0.833. The molecule has 8 heteroatoms. The number of aryl methyl sites for hydroxylation is 10. The Labute approximate surface area is 565 Å². The van der Waals surface area contributed by atoms with Gasteiger partial charge in [-0.05, 0) is 194 Å². The topological polar surface area (TPSA) is 103 Å². The average Bonchev–Trinajstić information content (AvgIpc) is 1.24. The van der Waals surface area contributed by atoms with Crippen LogP contribution in [0.3, 0.4) is 0 Å². The maximum Gasteiger partial charge on any atom is 0.115 e. The van der Waals surface area contributed by atoms with Crippen LogP contribution in [0.2, 0.25) is 0 Å². The Morgan fingerprint density at radius 1 is 0.239 bits per heavy atom. The fourth-order valence-electron chi connectivity index (χ4n) is 6.03. The summed E-state index contributed by atoms with van der Waals surface area (Å²) in [6.45, 7) is 65.5. The molecule has 0 saturated heterocycles. The van der Waals surface area contributed by atoms with E-state index < -0.39 is 0 Å². The van der Waals surface area contributed by atoms with E-state index in [1.54, 1.807) is 12.5 Å². The summed E-state index contributed by atoms with van der Waals surface area (Å²) in [6.07, 6.45) is 8.94. The van der Waals surface area contributed by atoms with Crippen LogP contribution in [0.25, 0.3) is 32.4 Å². The zero-order chi connectivity index (χ0) is 71.1. The predicted molar refractivity (Wildman–Crippen MR) is 411 cm³/mol. The van der Waals surface area contributed by atoms with Crippen LogP contribution in [0.15, 0.2) is 183 Å². The van der Waals surface area contributed by atoms with E-state index in [9.17, 15) is 0 Å². The molecule has 0 radical (unpaired) electrons. The molecule has 0 saturated carbocycles. The lowest BCUT2D eigenvalue weighted by Gasteiger charge is -1.97. The first-order chi connectivity index (χ1) is 43.0. The van der Waals surface area contributed by atoms with Gasteiger partial charge in [-0.2, -0.15) is 0 Å². The van der Waals surface area contributed by atoms with Gasteiger partial charge in [0.2, 0.25) is 0 Å². The van der Waals surface area contributed by atoms with E-state index in [4.69, 9.17) is 0 Å². The number of rotatable bonds is 0. The van der Waals surface area contributed by atoms with Gasteiger partial charge in [0.15, 0.2) is 0 Å². The van der Waals surface area contributed by atoms with Gasteiger partial charge in [0.1, 0.15) is 6.33 Å². The van der Waals surface area contributed by atoms with Crippen molar-refractivity contribution in [2.75, 3.05) is 0 Å². The smallest absolute Gasteiger partial charge is 0.115 e. The SMILES string of the molecule is CC(C)C.CC(C)C.CC(C)C.CC(C)C.CC(C)C.CC(C)C.CC(C)C.Cc1cc(C)ncn1.Cc1cc2ccccc2cn1.Cc1ccc2ccccc2n1.Cc1cccc(C)n1.Cc1ccccn1.Cc1ccnc(C)c1.Cc1nccc2ccccc12. The number of benzene rings is 3. The molecular formula is C84H130N8. The van der Waals surface area contributed by atoms with Crippen molar-refractivity contribution in [3.05, 3.63) is 240 Å². The van der Waals surface area contributed by atoms with E-state index >= 15 is 0 Å². The van der Waals surface area contributed by atoms with Crippen molar-refractivity contribution < 1.29 is 0 Å². The second-order valence-corrected chi connectivity index (χ2v) is 27.2. The van der Waals surface area contributed by atoms with Crippen LogP contribution < -0.4 is 0 Å². The Morgan fingerprint density at radius 3 is 1.00 bits per heavy atom. The molecular weight excluding hydrogens is 1120 g/mol. The van der Waals surface area contributed by atoms with Crippen LogP contribution >= 0.6 is 0 Å². The standard InChI is InChI=1S/3C10H9N.2C7H9N.C6H8N2.C6H7N.7C4H10/c1-8-6-9-4-2-3-5-10(9)7-11-8;1-8-10-5-3-2-4-9(10)6-7-11-8;1-8-6-7-9-4-2-3-5-10(9)11-8;1-6-3-4-8-7(2)5-6;1-6-4-3-5-7(2)8-6;1-5-3-6(2)8-4-7-5;1-6-4-2-3-5-7-6;7*1-4(2)3/h3*2-7H,1H3;2*3-5H,1-2H3;3-4H,1-2H3;2-5H,1H3;7*4H,1-3H3. The Morgan fingerprint density at radius 2 is 0.620 bits per heavy atom. The van der Waals surface area contributed by atoms with Crippen molar-refractivity contribution in [2.24, 2.45) is 41.4 Å². The minimum Gasteiger partial charge on any atom is -0.262 e. The third-order valence-electron chi connectivity index (χ3n) is 9.21. The number of fused-ring (bicyclic) bond motifs is 3. The van der Waals surface area contributed by atoms with Gasteiger partial charge in [-0.3, -0.25) is 29.9 Å². The molecule has 8 nitrogen and oxygen atoms in total. The monoisotopic (exact) mass is 1250 g/mol. The molecule has 3 aromatic carbocycles. The lowest BCUT2D eigenvalue weighted by Crippen LogP contribution is -1.84. The summed E-state index contributed by atoms with van der Waals surface area (Å²) in [7, 11) is 0. The molecule has 506 valence electrons. The first-order valence-electron chi connectivity index (χ1n) is 33.3. The summed E-state index contributed by atoms with van der Waals surface area (Å²) >= 11 is 0. The highest BCUT2D eigenvalue weighted by molar-refractivity contribution is 5.84. The lowest BCUT2D eigenvalue weighted by atomic mass is 10.1. The molecule has 7 aromatic heterocycles. The van der Waals surface area contributed by atoms with Gasteiger partial charge in [0.05, 0.1) is 5.52 Å². The molecule has 92 heavy (non-hydrogen) atoms. The molecule has 0 atom stereocenters. The number of aromatic nitrogens is 8. The van der Waals surface area contributed by atoms with Crippen molar-refractivity contribution in [3.8, 4) is 0 Å². The quantitative estimate of drug-likeness (QED) is 0.148. The molecule has 0 bridgehead atoms. The second-order valence-electron chi connectivity index (χ2n) is 27.2. The third-order valence-corrected chi connectivity index (χ3v) is 9.21. The molecule has 0 amide bonds. The summed E-state index contributed by atoms with van der Waals surface area (Å²) in [5.74, 6) is 5.83. The molecule has 0 spiro atoms. The van der Waals surface area contributed by atoms with Crippen molar-refractivity contribution in [1.29, 1.82) is 0 Å². The summed E-state index contributed by atoms with van der Waals surface area (Å²) < 4.78 is 0. The average molecular weight is 1250 g/mol. The molecule has 0 aliphatic carbocycles. The van der Waals surface area contributed by atoms with Crippen LogP contribution in [0.5, 0.6) is 0 Å². The summed E-state index contributed by atoms with van der Waals surface area (Å²) in [6, 6.07) is 50.8. The molecule has 7 heterocycles. The van der Waals surface area contributed by atoms with Gasteiger partial charge in [-0.15, -0.1) is 0 Å². The molecule has 0 aliphatic rings. The van der Waals surface area contributed by atoms with Crippen molar-refractivity contribution in [3.63, 3.8) is 0 Å². The highest BCUT2D eigenvalue weighted by Crippen LogP contribution is 2.15. The van der Waals surface area contributed by atoms with Crippen LogP contribution in [-0.4, -0.2) is 39.9 Å². The van der Waals surface area contributed by atoms with E-state index in [2.05, 4.69) is 241 Å². The maximum atomic E-state index is 4.38. The maximum absolute atomic E-state index is 4.38. The minimum atomic E-state index is 0.833. The fraction of sp³-hybridized carbons (Fsp3) is 0.452. The second kappa shape index (κ2) is 57.3. The summed E-state index contributed by atoms with van der Waals surface area (Å²) in [5.41, 5.74) is 12.0. The van der Waals surface area contributed by atoms with Crippen molar-refractivity contribution in [2.45, 2.75) is 215 Å². The van der Waals surface area contributed by atoms with Gasteiger partial charge in [0, 0.05) is 92.2 Å². The number of pyridine rings is 6. The fourth-order valence-corrected chi connectivity index (χ4v) is 6.03. The summed E-state index contributed by atoms with van der Waals surface area (Å²) in [5, 5.41) is 6.19. The summed E-state index contributed by atoms with van der Waals surface area (Å²) in [4.78, 5) is 32.8. The Bertz CT molecular complexity index is 2970. The Balaban J connectivity index is -0.000000463. The van der Waals surface area contributed by atoms with E-state index in [0.717, 1.165) is 98.2 Å². The van der Waals surface area contributed by atoms with E-state index in [1.165, 1.54) is 32.5 Å². The number of hydrogen-bond donors (Lipinski definition) is 0. The van der Waals surface area contributed by atoms with Crippen LogP contribution in [0.1, 0.15) is 202 Å². The van der Waals surface area contributed by atoms with E-state index in [-0.39, 0.29) is 0 Å². The highest BCUT2D eigenvalue weighted by Gasteiger charge is 1.95. The van der Waals surface area contributed by atoms with Gasteiger partial charge >= 0.3 is 0 Å². The molecule has 0 unspecified atom stereocenters. The zero-order valence-corrected chi connectivity index (χ0v) is 63.9. The molecule has 0 aliphatic heterocycles. The first kappa shape index (κ1) is 90.8. The van der Waals surface area contributed by atoms with E-state index in [1.807, 2.05) is 184 Å². The normalized spacial score (nSPS) is 9.50. The zero-order valence-electron chi connectivity index (χ0n) is 63.9. The molecule has 10 rings (SSSR count). The highest BCUT2D eigenvalue weighted by atomic mass is 14.8. The van der Waals surface area contributed by atoms with Gasteiger partial charge in [0.25, 0.3) is 0 Å². The van der Waals surface area contributed by atoms with Gasteiger partial charge < -0.3 is 0 Å². The lowest BCUT2D eigenvalue weighted by molar-refractivity contribution is 0.736. The predicted octanol–water partition coefficient (Wildman–Crippen LogP) is 25.1. The molecule has 0 N–H and O–H groups in total. The van der Waals surface area contributed by atoms with Gasteiger partial charge in [-0.1, -0.05) is 230 Å². The largest absolute Gasteiger partial charge is 0.262 e. The number of hydrogen-bond acceptors (Lipinski definition) is 8. The van der Waals surface area contributed by atoms with Crippen molar-refractivity contribution in [1.82, 2.24) is 39.9 Å². The number of para-hydroxylation sites is 1. The Kier molecular flexibility index (Phi) is 56.6. The molecule has 0 fully saturated rings. The number of nitrogens with zero attached hydrogens (tertiary/aromatic N) is 8. The molecule has 10 aromatic rings. The van der Waals surface area contributed by atoms with Gasteiger partial charge in [-0.25, -0.2) is 9.97 Å². The van der Waals surface area contributed by atoms with Crippen molar-refractivity contribution >= 4 is 32.4 Å². The van der Waals surface area contributed by atoms with Crippen LogP contribution in [0.4, 0.5) is 0 Å². The van der Waals surface area contributed by atoms with Crippen LogP contribution in [0, 0.1) is 111 Å².